The van der Waals surface area contributed by atoms with E-state index in [2.05, 4.69) is 14.7 Å². The van der Waals surface area contributed by atoms with E-state index in [4.69, 9.17) is 0 Å². The normalized spacial score (nSPS) is 11.7. The summed E-state index contributed by atoms with van der Waals surface area (Å²) in [7, 11) is 0. The van der Waals surface area contributed by atoms with Gasteiger partial charge in [0.15, 0.2) is 10.9 Å². The van der Waals surface area contributed by atoms with Gasteiger partial charge >= 0.3 is 12.8 Å². The second-order valence-electron chi connectivity index (χ2n) is 4.25. The first-order chi connectivity index (χ1) is 10.7. The van der Waals surface area contributed by atoms with Gasteiger partial charge in [-0.05, 0) is 17.7 Å². The molecule has 0 radical (unpaired) electrons. The van der Waals surface area contributed by atoms with Gasteiger partial charge in [-0.1, -0.05) is 23.9 Å². The molecule has 0 amide bonds. The fourth-order valence-corrected chi connectivity index (χ4v) is 2.43. The molecule has 0 spiro atoms. The van der Waals surface area contributed by atoms with Gasteiger partial charge in [-0.3, -0.25) is 4.79 Å². The number of aromatic nitrogens is 2. The number of hydrogen-bond donors (Lipinski definition) is 1. The monoisotopic (exact) mass is 352 g/mol. The lowest BCUT2D eigenvalue weighted by Crippen LogP contribution is -2.16. The topological polar surface area (TPSA) is 55.0 Å². The molecule has 2 rings (SSSR count). The largest absolute Gasteiger partial charge is 0.435 e. The van der Waals surface area contributed by atoms with Crippen molar-refractivity contribution in [3.05, 3.63) is 51.9 Å². The van der Waals surface area contributed by atoms with Crippen LogP contribution in [0, 0.1) is 0 Å². The lowest BCUT2D eigenvalue weighted by atomic mass is 10.2. The van der Waals surface area contributed by atoms with Crippen molar-refractivity contribution in [3.8, 4) is 5.75 Å². The summed E-state index contributed by atoms with van der Waals surface area (Å²) in [6, 6.07) is 6.06. The van der Waals surface area contributed by atoms with Crippen LogP contribution in [0.2, 0.25) is 0 Å². The van der Waals surface area contributed by atoms with E-state index in [1.54, 1.807) is 6.07 Å². The molecule has 124 valence electrons. The van der Waals surface area contributed by atoms with Gasteiger partial charge in [0.25, 0.3) is 5.56 Å². The number of nitrogens with zero attached hydrogens (tertiary/aromatic N) is 1. The van der Waals surface area contributed by atoms with Crippen molar-refractivity contribution in [2.24, 2.45) is 0 Å². The molecule has 0 unspecified atom stereocenters. The van der Waals surface area contributed by atoms with Crippen LogP contribution < -0.4 is 10.3 Å². The van der Waals surface area contributed by atoms with Crippen LogP contribution in [0.1, 0.15) is 11.3 Å². The Labute approximate surface area is 130 Å². The highest BCUT2D eigenvalue weighted by atomic mass is 32.2. The van der Waals surface area contributed by atoms with Crippen LogP contribution in [-0.2, 0) is 11.9 Å². The summed E-state index contributed by atoms with van der Waals surface area (Å²) in [6.45, 7) is -2.97. The molecular formula is C13H9F5N2O2S. The Morgan fingerprint density at radius 3 is 2.65 bits per heavy atom. The lowest BCUT2D eigenvalue weighted by molar-refractivity contribution is -0.141. The van der Waals surface area contributed by atoms with Crippen LogP contribution in [0.15, 0.2) is 40.3 Å². The minimum atomic E-state index is -4.73. The lowest BCUT2D eigenvalue weighted by Gasteiger charge is -2.08. The number of aromatic amines is 1. The fourth-order valence-electron chi connectivity index (χ4n) is 1.61. The van der Waals surface area contributed by atoms with Crippen LogP contribution in [0.4, 0.5) is 22.0 Å². The molecule has 10 heteroatoms. The van der Waals surface area contributed by atoms with E-state index in [-0.39, 0.29) is 16.7 Å². The van der Waals surface area contributed by atoms with Gasteiger partial charge in [0.2, 0.25) is 0 Å². The predicted molar refractivity (Wildman–Crippen MR) is 72.5 cm³/mol. The Bertz CT molecular complexity index is 733. The zero-order valence-electron chi connectivity index (χ0n) is 11.2. The number of halogens is 5. The Morgan fingerprint density at radius 2 is 2.00 bits per heavy atom. The summed E-state index contributed by atoms with van der Waals surface area (Å²) in [6.07, 6.45) is -4.73. The first-order valence-corrected chi connectivity index (χ1v) is 7.08. The number of benzene rings is 1. The molecule has 1 aromatic heterocycles. The van der Waals surface area contributed by atoms with Crippen LogP contribution in [0.5, 0.6) is 5.75 Å². The zero-order chi connectivity index (χ0) is 17.0. The molecule has 1 aromatic carbocycles. The fraction of sp³-hybridized carbons (Fsp3) is 0.231. The van der Waals surface area contributed by atoms with Crippen molar-refractivity contribution in [1.29, 1.82) is 0 Å². The maximum absolute atomic E-state index is 12.6. The summed E-state index contributed by atoms with van der Waals surface area (Å²) < 4.78 is 66.2. The minimum absolute atomic E-state index is 0.0661. The quantitative estimate of drug-likeness (QED) is 0.507. The summed E-state index contributed by atoms with van der Waals surface area (Å²) >= 11 is 0.836. The molecule has 0 aliphatic carbocycles. The molecule has 0 aliphatic rings. The molecule has 1 N–H and O–H groups in total. The summed E-state index contributed by atoms with van der Waals surface area (Å²) in [5.74, 6) is 0.0496. The third-order valence-electron chi connectivity index (χ3n) is 2.51. The van der Waals surface area contributed by atoms with Gasteiger partial charge in [-0.25, -0.2) is 4.98 Å². The van der Waals surface area contributed by atoms with Crippen molar-refractivity contribution in [3.63, 3.8) is 0 Å². The van der Waals surface area contributed by atoms with Gasteiger partial charge < -0.3 is 9.72 Å². The molecule has 0 fully saturated rings. The third-order valence-corrected chi connectivity index (χ3v) is 3.45. The van der Waals surface area contributed by atoms with Crippen LogP contribution in [0.25, 0.3) is 0 Å². The Kier molecular flexibility index (Phi) is 5.24. The zero-order valence-corrected chi connectivity index (χ0v) is 12.0. The van der Waals surface area contributed by atoms with Crippen LogP contribution in [-0.4, -0.2) is 16.6 Å². The molecular weight excluding hydrogens is 343 g/mol. The Hall–Kier alpha value is -2.10. The number of thioether (sulfide) groups is 1. The average molecular weight is 352 g/mol. The number of hydrogen-bond acceptors (Lipinski definition) is 4. The minimum Gasteiger partial charge on any atom is -0.435 e. The molecule has 2 aromatic rings. The highest BCUT2D eigenvalue weighted by Crippen LogP contribution is 2.28. The molecule has 0 saturated carbocycles. The Morgan fingerprint density at radius 1 is 1.26 bits per heavy atom. The molecule has 1 heterocycles. The van der Waals surface area contributed by atoms with Gasteiger partial charge in [0.1, 0.15) is 5.75 Å². The van der Waals surface area contributed by atoms with Crippen molar-refractivity contribution < 1.29 is 26.7 Å². The number of ether oxygens (including phenoxy) is 1. The van der Waals surface area contributed by atoms with Crippen molar-refractivity contribution in [1.82, 2.24) is 9.97 Å². The number of rotatable bonds is 5. The average Bonchev–Trinajstić information content (AvgIpc) is 2.43. The highest BCUT2D eigenvalue weighted by molar-refractivity contribution is 7.98. The van der Waals surface area contributed by atoms with Crippen LogP contribution >= 0.6 is 11.8 Å². The molecule has 0 atom stereocenters. The molecule has 4 nitrogen and oxygen atoms in total. The smallest absolute Gasteiger partial charge is 0.433 e. The number of nitrogens with one attached hydrogen (secondary N) is 1. The van der Waals surface area contributed by atoms with Crippen LogP contribution in [0.3, 0.4) is 0 Å². The third kappa shape index (κ3) is 5.23. The second kappa shape index (κ2) is 6.99. The highest BCUT2D eigenvalue weighted by Gasteiger charge is 2.33. The summed E-state index contributed by atoms with van der Waals surface area (Å²) in [4.78, 5) is 16.7. The van der Waals surface area contributed by atoms with Crippen molar-refractivity contribution in [2.45, 2.75) is 23.7 Å². The molecule has 0 bridgehead atoms. The van der Waals surface area contributed by atoms with Crippen molar-refractivity contribution >= 4 is 11.8 Å². The molecule has 23 heavy (non-hydrogen) atoms. The van der Waals surface area contributed by atoms with Gasteiger partial charge in [-0.15, -0.1) is 0 Å². The SMILES string of the molecule is O=c1cc(C(F)(F)F)nc(SCc2cccc(OC(F)F)c2)[nH]1. The van der Waals surface area contributed by atoms with E-state index < -0.39 is 24.0 Å². The van der Waals surface area contributed by atoms with E-state index in [9.17, 15) is 26.7 Å². The number of alkyl halides is 5. The molecule has 0 saturated heterocycles. The first kappa shape index (κ1) is 17.3. The second-order valence-corrected chi connectivity index (χ2v) is 5.21. The maximum Gasteiger partial charge on any atom is 0.433 e. The molecule has 0 aliphatic heterocycles. The van der Waals surface area contributed by atoms with E-state index in [0.717, 1.165) is 11.8 Å². The van der Waals surface area contributed by atoms with Gasteiger partial charge in [-0.2, -0.15) is 22.0 Å². The maximum atomic E-state index is 12.6. The Balaban J connectivity index is 2.12. The predicted octanol–water partition coefficient (Wildman–Crippen LogP) is 3.68. The number of H-pyrrole nitrogens is 1. The van der Waals surface area contributed by atoms with E-state index in [0.29, 0.717) is 11.6 Å². The van der Waals surface area contributed by atoms with Crippen molar-refractivity contribution in [2.75, 3.05) is 0 Å². The van der Waals surface area contributed by atoms with Gasteiger partial charge in [0, 0.05) is 11.8 Å². The first-order valence-electron chi connectivity index (χ1n) is 6.09. The summed E-state index contributed by atoms with van der Waals surface area (Å²) in [5, 5.41) is -0.218. The van der Waals surface area contributed by atoms with E-state index in [1.165, 1.54) is 18.2 Å². The van der Waals surface area contributed by atoms with E-state index >= 15 is 0 Å². The van der Waals surface area contributed by atoms with E-state index in [1.807, 2.05) is 0 Å². The summed E-state index contributed by atoms with van der Waals surface area (Å²) in [5.41, 5.74) is -1.70. The van der Waals surface area contributed by atoms with Gasteiger partial charge in [0.05, 0.1) is 0 Å². The standard InChI is InChI=1S/C13H9F5N2O2S/c14-11(15)22-8-3-1-2-7(4-8)6-23-12-19-9(13(16,17)18)5-10(21)20-12/h1-5,11H,6H2,(H,19,20,21).